The highest BCUT2D eigenvalue weighted by molar-refractivity contribution is 5.96. The summed E-state index contributed by atoms with van der Waals surface area (Å²) in [5.74, 6) is 0.570. The third kappa shape index (κ3) is 5.66. The van der Waals surface area contributed by atoms with Crippen molar-refractivity contribution in [3.63, 3.8) is 0 Å². The van der Waals surface area contributed by atoms with Crippen LogP contribution in [0.15, 0.2) is 30.3 Å². The van der Waals surface area contributed by atoms with E-state index in [0.29, 0.717) is 5.92 Å². The molecule has 0 spiro atoms. The first-order valence-electron chi connectivity index (χ1n) is 9.15. The largest absolute Gasteiger partial charge is 0.345 e. The average molecular weight is 330 g/mol. The molecule has 1 aromatic rings. The fourth-order valence-electron chi connectivity index (χ4n) is 3.23. The second kappa shape index (κ2) is 9.45. The minimum absolute atomic E-state index is 0.0125. The van der Waals surface area contributed by atoms with Crippen molar-refractivity contribution in [3.8, 4) is 0 Å². The van der Waals surface area contributed by atoms with Gasteiger partial charge in [-0.25, -0.2) is 0 Å². The summed E-state index contributed by atoms with van der Waals surface area (Å²) in [7, 11) is 1.79. The molecule has 0 atom stereocenters. The van der Waals surface area contributed by atoms with E-state index in [1.807, 2.05) is 11.0 Å². The maximum Gasteiger partial charge on any atom is 0.232 e. The lowest BCUT2D eigenvalue weighted by atomic mass is 9.90. The van der Waals surface area contributed by atoms with E-state index in [-0.39, 0.29) is 18.2 Å². The second-order valence-corrected chi connectivity index (χ2v) is 6.86. The summed E-state index contributed by atoms with van der Waals surface area (Å²) in [4.78, 5) is 28.0. The van der Waals surface area contributed by atoms with Crippen molar-refractivity contribution in [3.05, 3.63) is 35.9 Å². The first kappa shape index (κ1) is 18.5. The Morgan fingerprint density at radius 3 is 2.46 bits per heavy atom. The van der Waals surface area contributed by atoms with E-state index in [1.54, 1.807) is 11.9 Å². The summed E-state index contributed by atoms with van der Waals surface area (Å²) in [6, 6.07) is 10.5. The summed E-state index contributed by atoms with van der Waals surface area (Å²) in [5, 5.41) is 0. The second-order valence-electron chi connectivity index (χ2n) is 6.86. The third-order valence-corrected chi connectivity index (χ3v) is 4.91. The van der Waals surface area contributed by atoms with Gasteiger partial charge in [-0.1, -0.05) is 43.7 Å². The molecule has 0 aliphatic carbocycles. The van der Waals surface area contributed by atoms with Gasteiger partial charge in [-0.3, -0.25) is 9.59 Å². The van der Waals surface area contributed by atoms with E-state index >= 15 is 0 Å². The Bertz CT molecular complexity index is 522. The van der Waals surface area contributed by atoms with Crippen LogP contribution in [0.2, 0.25) is 0 Å². The van der Waals surface area contributed by atoms with E-state index < -0.39 is 0 Å². The number of carbonyl (C=O) groups is 2. The molecule has 1 fully saturated rings. The van der Waals surface area contributed by atoms with Crippen LogP contribution in [0.3, 0.4) is 0 Å². The Balaban J connectivity index is 1.73. The molecule has 4 heteroatoms. The fourth-order valence-corrected chi connectivity index (χ4v) is 3.23. The van der Waals surface area contributed by atoms with Crippen LogP contribution >= 0.6 is 0 Å². The lowest BCUT2D eigenvalue weighted by Crippen LogP contribution is -2.41. The maximum atomic E-state index is 12.3. The Labute approximate surface area is 145 Å². The zero-order valence-corrected chi connectivity index (χ0v) is 15.0. The summed E-state index contributed by atoms with van der Waals surface area (Å²) < 4.78 is 0. The van der Waals surface area contributed by atoms with Crippen molar-refractivity contribution in [1.82, 2.24) is 9.80 Å². The van der Waals surface area contributed by atoms with Crippen LogP contribution in [0.1, 0.15) is 44.6 Å². The Hall–Kier alpha value is -1.84. The van der Waals surface area contributed by atoms with Gasteiger partial charge in [0.25, 0.3) is 0 Å². The molecule has 4 nitrogen and oxygen atoms in total. The minimum atomic E-state index is -0.0557. The average Bonchev–Trinajstić information content (AvgIpc) is 2.61. The number of hydrogen-bond acceptors (Lipinski definition) is 2. The topological polar surface area (TPSA) is 40.6 Å². The summed E-state index contributed by atoms with van der Waals surface area (Å²) >= 11 is 0. The Morgan fingerprint density at radius 2 is 1.83 bits per heavy atom. The number of amides is 2. The van der Waals surface area contributed by atoms with Gasteiger partial charge in [0.15, 0.2) is 0 Å². The molecule has 1 saturated heterocycles. The van der Waals surface area contributed by atoms with Gasteiger partial charge in [-0.05, 0) is 37.2 Å². The van der Waals surface area contributed by atoms with Gasteiger partial charge in [-0.15, -0.1) is 0 Å². The summed E-state index contributed by atoms with van der Waals surface area (Å²) in [6.45, 7) is 4.40. The molecule has 24 heavy (non-hydrogen) atoms. The van der Waals surface area contributed by atoms with Crippen molar-refractivity contribution in [2.24, 2.45) is 5.92 Å². The summed E-state index contributed by atoms with van der Waals surface area (Å²) in [5.41, 5.74) is 1.37. The number of nitrogens with zero attached hydrogens (tertiary/aromatic N) is 2. The highest BCUT2D eigenvalue weighted by Gasteiger charge is 2.25. The molecule has 1 aromatic carbocycles. The maximum absolute atomic E-state index is 12.3. The monoisotopic (exact) mass is 330 g/mol. The van der Waals surface area contributed by atoms with Crippen LogP contribution < -0.4 is 0 Å². The molecule has 2 rings (SSSR count). The van der Waals surface area contributed by atoms with Crippen molar-refractivity contribution in [2.75, 3.05) is 26.7 Å². The molecule has 0 radical (unpaired) electrons. The highest BCUT2D eigenvalue weighted by atomic mass is 16.2. The van der Waals surface area contributed by atoms with Gasteiger partial charge in [0.05, 0.1) is 0 Å². The molecule has 1 heterocycles. The number of benzene rings is 1. The number of rotatable bonds is 7. The molecule has 0 unspecified atom stereocenters. The van der Waals surface area contributed by atoms with Gasteiger partial charge in [0.1, 0.15) is 6.42 Å². The van der Waals surface area contributed by atoms with E-state index in [0.717, 1.165) is 51.7 Å². The third-order valence-electron chi connectivity index (χ3n) is 4.91. The zero-order valence-electron chi connectivity index (χ0n) is 15.0. The lowest BCUT2D eigenvalue weighted by Gasteiger charge is -2.32. The predicted octanol–water partition coefficient (Wildman–Crippen LogP) is 3.12. The summed E-state index contributed by atoms with van der Waals surface area (Å²) in [6.07, 6.45) is 5.20. The standard InChI is InChI=1S/C20H30N2O2/c1-3-4-12-21(2)19(23)16-20(24)22-13-10-18(11-14-22)15-17-8-6-5-7-9-17/h5-9,18H,3-4,10-16H2,1-2H3. The van der Waals surface area contributed by atoms with Crippen molar-refractivity contribution in [1.29, 1.82) is 0 Å². The van der Waals surface area contributed by atoms with E-state index in [9.17, 15) is 9.59 Å². The number of carbonyl (C=O) groups excluding carboxylic acids is 2. The minimum Gasteiger partial charge on any atom is -0.345 e. The molecular formula is C20H30N2O2. The molecule has 2 amide bonds. The van der Waals surface area contributed by atoms with Crippen LogP contribution in [-0.4, -0.2) is 48.3 Å². The van der Waals surface area contributed by atoms with E-state index in [1.165, 1.54) is 5.56 Å². The molecular weight excluding hydrogens is 300 g/mol. The molecule has 1 aliphatic heterocycles. The van der Waals surface area contributed by atoms with E-state index in [4.69, 9.17) is 0 Å². The zero-order chi connectivity index (χ0) is 17.4. The van der Waals surface area contributed by atoms with Crippen LogP contribution in [0.4, 0.5) is 0 Å². The molecule has 0 saturated carbocycles. The molecule has 1 aliphatic rings. The molecule has 0 aromatic heterocycles. The normalized spacial score (nSPS) is 15.3. The number of likely N-dealkylation sites (tertiary alicyclic amines) is 1. The number of hydrogen-bond donors (Lipinski definition) is 0. The van der Waals surface area contributed by atoms with Crippen LogP contribution in [0.5, 0.6) is 0 Å². The molecule has 0 N–H and O–H groups in total. The number of unbranched alkanes of at least 4 members (excludes halogenated alkanes) is 1. The SMILES string of the molecule is CCCCN(C)C(=O)CC(=O)N1CCC(Cc2ccccc2)CC1. The molecule has 0 bridgehead atoms. The quantitative estimate of drug-likeness (QED) is 0.721. The van der Waals surface area contributed by atoms with Crippen LogP contribution in [-0.2, 0) is 16.0 Å². The van der Waals surface area contributed by atoms with Crippen molar-refractivity contribution >= 4 is 11.8 Å². The van der Waals surface area contributed by atoms with Crippen LogP contribution in [0, 0.1) is 5.92 Å². The van der Waals surface area contributed by atoms with Gasteiger partial charge in [0.2, 0.25) is 11.8 Å². The van der Waals surface area contributed by atoms with E-state index in [2.05, 4.69) is 31.2 Å². The highest BCUT2D eigenvalue weighted by Crippen LogP contribution is 2.22. The van der Waals surface area contributed by atoms with Gasteiger partial charge >= 0.3 is 0 Å². The van der Waals surface area contributed by atoms with Crippen LogP contribution in [0.25, 0.3) is 0 Å². The Kier molecular flexibility index (Phi) is 7.29. The predicted molar refractivity (Wildman–Crippen MR) is 96.6 cm³/mol. The molecule has 132 valence electrons. The lowest BCUT2D eigenvalue weighted by molar-refractivity contribution is -0.140. The van der Waals surface area contributed by atoms with Gasteiger partial charge in [-0.2, -0.15) is 0 Å². The smallest absolute Gasteiger partial charge is 0.232 e. The van der Waals surface area contributed by atoms with Crippen molar-refractivity contribution < 1.29 is 9.59 Å². The van der Waals surface area contributed by atoms with Crippen molar-refractivity contribution in [2.45, 2.75) is 45.4 Å². The fraction of sp³-hybridized carbons (Fsp3) is 0.600. The van der Waals surface area contributed by atoms with Gasteiger partial charge in [0, 0.05) is 26.7 Å². The first-order chi connectivity index (χ1) is 11.6. The Morgan fingerprint density at radius 1 is 1.17 bits per heavy atom. The van der Waals surface area contributed by atoms with Gasteiger partial charge < -0.3 is 9.80 Å². The number of piperidine rings is 1. The first-order valence-corrected chi connectivity index (χ1v) is 9.15.